The Morgan fingerprint density at radius 2 is 1.89 bits per heavy atom. The summed E-state index contributed by atoms with van der Waals surface area (Å²) < 4.78 is 5.90. The van der Waals surface area contributed by atoms with Gasteiger partial charge in [-0.2, -0.15) is 5.43 Å². The molecule has 0 bridgehead atoms. The van der Waals surface area contributed by atoms with Gasteiger partial charge in [-0.25, -0.2) is 4.99 Å². The van der Waals surface area contributed by atoms with Crippen molar-refractivity contribution in [3.8, 4) is 0 Å². The van der Waals surface area contributed by atoms with Gasteiger partial charge in [0.1, 0.15) is 6.04 Å². The Bertz CT molecular complexity index is 927. The van der Waals surface area contributed by atoms with E-state index in [1.54, 1.807) is 0 Å². The van der Waals surface area contributed by atoms with E-state index in [9.17, 15) is 4.79 Å². The number of rotatable bonds is 3. The number of aliphatic imine (C=N–C) groups is 1. The van der Waals surface area contributed by atoms with Crippen LogP contribution >= 0.6 is 0 Å². The highest BCUT2D eigenvalue weighted by Crippen LogP contribution is 2.53. The quantitative estimate of drug-likeness (QED) is 0.861. The highest BCUT2D eigenvalue weighted by molar-refractivity contribution is 5.86. The maximum atomic E-state index is 12.7. The van der Waals surface area contributed by atoms with Crippen molar-refractivity contribution >= 4 is 22.7 Å². The highest BCUT2D eigenvalue weighted by Gasteiger charge is 2.45. The first-order valence-corrected chi connectivity index (χ1v) is 10.2. The number of hydrazine groups is 1. The van der Waals surface area contributed by atoms with Crippen LogP contribution in [0.1, 0.15) is 44.4 Å². The molecule has 6 heteroatoms. The molecular weight excluding hydrogens is 352 g/mol. The van der Waals surface area contributed by atoms with E-state index in [4.69, 9.17) is 4.74 Å². The highest BCUT2D eigenvalue weighted by atomic mass is 16.5. The van der Waals surface area contributed by atoms with Crippen molar-refractivity contribution < 1.29 is 9.53 Å². The minimum atomic E-state index is -0.451. The Kier molecular flexibility index (Phi) is 4.23. The normalized spacial score (nSPS) is 25.5. The molecular formula is C22H26N4O2. The molecule has 2 unspecified atom stereocenters. The second kappa shape index (κ2) is 6.78. The first-order valence-electron chi connectivity index (χ1n) is 10.2. The summed E-state index contributed by atoms with van der Waals surface area (Å²) in [5.74, 6) is 0.0857. The lowest BCUT2D eigenvalue weighted by Crippen LogP contribution is -2.43. The molecule has 1 spiro atoms. The molecule has 28 heavy (non-hydrogen) atoms. The molecule has 2 heterocycles. The zero-order valence-electron chi connectivity index (χ0n) is 16.1. The van der Waals surface area contributed by atoms with Crippen molar-refractivity contribution in [2.24, 2.45) is 10.4 Å². The van der Waals surface area contributed by atoms with Crippen LogP contribution in [-0.2, 0) is 9.53 Å². The van der Waals surface area contributed by atoms with Gasteiger partial charge in [0, 0.05) is 18.7 Å². The van der Waals surface area contributed by atoms with Gasteiger partial charge in [-0.3, -0.25) is 10.2 Å². The van der Waals surface area contributed by atoms with Gasteiger partial charge in [0.25, 0.3) is 0 Å². The predicted octanol–water partition coefficient (Wildman–Crippen LogP) is 3.11. The number of amidine groups is 1. The van der Waals surface area contributed by atoms with Gasteiger partial charge < -0.3 is 9.64 Å². The predicted molar refractivity (Wildman–Crippen MR) is 108 cm³/mol. The zero-order chi connectivity index (χ0) is 19.1. The SMILES string of the molecule is CC(N=C1NNC(c2ccc3ccccc3c2)O1)C(=O)N1CCC2(CC1)CC2. The lowest BCUT2D eigenvalue weighted by Gasteiger charge is -2.33. The fourth-order valence-electron chi connectivity index (χ4n) is 4.26. The summed E-state index contributed by atoms with van der Waals surface area (Å²) in [6.07, 6.45) is 4.64. The van der Waals surface area contributed by atoms with E-state index in [2.05, 4.69) is 40.1 Å². The molecule has 2 aliphatic heterocycles. The fourth-order valence-corrected chi connectivity index (χ4v) is 4.26. The van der Waals surface area contributed by atoms with Crippen LogP contribution in [0.25, 0.3) is 10.8 Å². The van der Waals surface area contributed by atoms with Gasteiger partial charge in [-0.15, -0.1) is 0 Å². The van der Waals surface area contributed by atoms with E-state index in [1.807, 2.05) is 30.0 Å². The van der Waals surface area contributed by atoms with Crippen molar-refractivity contribution in [1.82, 2.24) is 15.8 Å². The molecule has 1 saturated carbocycles. The Morgan fingerprint density at radius 3 is 2.64 bits per heavy atom. The summed E-state index contributed by atoms with van der Waals surface area (Å²) in [4.78, 5) is 19.2. The topological polar surface area (TPSA) is 66.0 Å². The van der Waals surface area contributed by atoms with Crippen LogP contribution in [0.3, 0.4) is 0 Å². The summed E-state index contributed by atoms with van der Waals surface area (Å²) in [5.41, 5.74) is 7.66. The van der Waals surface area contributed by atoms with Crippen LogP contribution in [0.5, 0.6) is 0 Å². The molecule has 146 valence electrons. The van der Waals surface area contributed by atoms with E-state index in [-0.39, 0.29) is 12.1 Å². The maximum Gasteiger partial charge on any atom is 0.302 e. The Hall–Kier alpha value is -2.60. The van der Waals surface area contributed by atoms with Crippen LogP contribution < -0.4 is 10.9 Å². The second-order valence-corrected chi connectivity index (χ2v) is 8.31. The van der Waals surface area contributed by atoms with Gasteiger partial charge >= 0.3 is 6.02 Å². The van der Waals surface area contributed by atoms with E-state index in [1.165, 1.54) is 18.2 Å². The molecule has 3 aliphatic rings. The molecule has 2 saturated heterocycles. The smallest absolute Gasteiger partial charge is 0.302 e. The van der Waals surface area contributed by atoms with E-state index < -0.39 is 6.04 Å². The molecule has 1 aliphatic carbocycles. The molecule has 2 atom stereocenters. The Balaban J connectivity index is 1.23. The number of fused-ring (bicyclic) bond motifs is 1. The summed E-state index contributed by atoms with van der Waals surface area (Å²) in [5, 5.41) is 2.36. The molecule has 3 fully saturated rings. The molecule has 1 amide bonds. The third kappa shape index (κ3) is 3.33. The molecule has 5 rings (SSSR count). The number of likely N-dealkylation sites (tertiary alicyclic amines) is 1. The van der Waals surface area contributed by atoms with Crippen molar-refractivity contribution in [3.05, 3.63) is 48.0 Å². The summed E-state index contributed by atoms with van der Waals surface area (Å²) in [6.45, 7) is 3.56. The lowest BCUT2D eigenvalue weighted by atomic mass is 9.93. The van der Waals surface area contributed by atoms with Crippen LogP contribution in [0.2, 0.25) is 0 Å². The third-order valence-corrected chi connectivity index (χ3v) is 6.38. The summed E-state index contributed by atoms with van der Waals surface area (Å²) in [6, 6.07) is 14.4. The number of hydrogen-bond acceptors (Lipinski definition) is 4. The number of carbonyl (C=O) groups excluding carboxylic acids is 1. The van der Waals surface area contributed by atoms with E-state index in [0.29, 0.717) is 11.4 Å². The molecule has 0 radical (unpaired) electrons. The number of amides is 1. The van der Waals surface area contributed by atoms with E-state index >= 15 is 0 Å². The minimum Gasteiger partial charge on any atom is -0.439 e. The second-order valence-electron chi connectivity index (χ2n) is 8.31. The minimum absolute atomic E-state index is 0.0857. The van der Waals surface area contributed by atoms with Gasteiger partial charge in [0.2, 0.25) is 5.91 Å². The average Bonchev–Trinajstić information content (AvgIpc) is 3.31. The lowest BCUT2D eigenvalue weighted by molar-refractivity contribution is -0.133. The zero-order valence-corrected chi connectivity index (χ0v) is 16.1. The molecule has 2 aromatic carbocycles. The maximum absolute atomic E-state index is 12.7. The number of ether oxygens (including phenoxy) is 1. The van der Waals surface area contributed by atoms with Crippen LogP contribution in [0.15, 0.2) is 47.5 Å². The largest absolute Gasteiger partial charge is 0.439 e. The number of benzene rings is 2. The summed E-state index contributed by atoms with van der Waals surface area (Å²) in [7, 11) is 0. The van der Waals surface area contributed by atoms with Crippen LogP contribution in [-0.4, -0.2) is 36.0 Å². The molecule has 6 nitrogen and oxygen atoms in total. The van der Waals surface area contributed by atoms with E-state index in [0.717, 1.165) is 36.9 Å². The number of piperidine rings is 1. The standard InChI is InChI=1S/C22H26N4O2/c1-15(20(27)26-12-10-22(8-9-22)11-13-26)23-21-25-24-19(28-21)18-7-6-16-4-2-3-5-17(16)14-18/h2-7,14-15,19,24H,8-13H2,1H3,(H,23,25). The van der Waals surface area contributed by atoms with Crippen LogP contribution in [0.4, 0.5) is 0 Å². The van der Waals surface area contributed by atoms with Crippen LogP contribution in [0, 0.1) is 5.41 Å². The average molecular weight is 378 g/mol. The molecule has 2 aromatic rings. The van der Waals surface area contributed by atoms with Gasteiger partial charge in [0.15, 0.2) is 6.23 Å². The Labute approximate surface area is 164 Å². The first-order chi connectivity index (χ1) is 13.6. The molecule has 0 aromatic heterocycles. The molecule has 2 N–H and O–H groups in total. The number of nitrogens with zero attached hydrogens (tertiary/aromatic N) is 2. The van der Waals surface area contributed by atoms with Crippen molar-refractivity contribution in [3.63, 3.8) is 0 Å². The van der Waals surface area contributed by atoms with Crippen molar-refractivity contribution in [1.29, 1.82) is 0 Å². The first kappa shape index (κ1) is 17.5. The van der Waals surface area contributed by atoms with Gasteiger partial charge in [-0.05, 0) is 54.9 Å². The van der Waals surface area contributed by atoms with Crippen molar-refractivity contribution in [2.75, 3.05) is 13.1 Å². The fraction of sp³-hybridized carbons (Fsp3) is 0.455. The van der Waals surface area contributed by atoms with Gasteiger partial charge in [0.05, 0.1) is 0 Å². The summed E-state index contributed by atoms with van der Waals surface area (Å²) >= 11 is 0. The van der Waals surface area contributed by atoms with Gasteiger partial charge in [-0.1, -0.05) is 36.4 Å². The van der Waals surface area contributed by atoms with Crippen molar-refractivity contribution in [2.45, 2.75) is 44.9 Å². The third-order valence-electron chi connectivity index (χ3n) is 6.38. The Morgan fingerprint density at radius 1 is 1.14 bits per heavy atom. The number of nitrogens with one attached hydrogen (secondary N) is 2. The number of carbonyl (C=O) groups is 1. The number of hydrogen-bond donors (Lipinski definition) is 2. The monoisotopic (exact) mass is 378 g/mol.